The standard InChI is InChI=1S/C24H34N2O3/c1-16(2)29-20-8-17(6-7-19(20)28-5)12-25-26-21(27)24-11-18-9-22(3,14-24)13-23(4,10-18)15-24/h6-8,12,16,18H,9-11,13-15H2,1-5H3,(H,26,27)/b25-12+. The highest BCUT2D eigenvalue weighted by atomic mass is 16.5. The van der Waals surface area contributed by atoms with Crippen LogP contribution in [-0.2, 0) is 4.79 Å². The number of carbonyl (C=O) groups excluding carboxylic acids is 1. The first kappa shape index (κ1) is 20.2. The first-order valence-electron chi connectivity index (χ1n) is 10.8. The molecule has 0 radical (unpaired) electrons. The lowest BCUT2D eigenvalue weighted by Gasteiger charge is -2.64. The van der Waals surface area contributed by atoms with E-state index in [0.29, 0.717) is 28.2 Å². The molecule has 1 amide bonds. The second-order valence-electron chi connectivity index (χ2n) is 10.7. The Morgan fingerprint density at radius 3 is 2.41 bits per heavy atom. The molecule has 2 unspecified atom stereocenters. The zero-order valence-corrected chi connectivity index (χ0v) is 18.4. The quantitative estimate of drug-likeness (QED) is 0.546. The number of hydrazone groups is 1. The van der Waals surface area contributed by atoms with Crippen LogP contribution in [0.25, 0.3) is 0 Å². The van der Waals surface area contributed by atoms with Crippen molar-refractivity contribution in [1.82, 2.24) is 5.43 Å². The Hall–Kier alpha value is -2.04. The molecule has 1 aromatic rings. The van der Waals surface area contributed by atoms with Gasteiger partial charge in [-0.05, 0) is 92.9 Å². The van der Waals surface area contributed by atoms with Crippen LogP contribution in [0, 0.1) is 22.2 Å². The lowest BCUT2D eigenvalue weighted by molar-refractivity contribution is -0.170. The number of carbonyl (C=O) groups is 1. The average Bonchev–Trinajstić information content (AvgIpc) is 2.58. The molecule has 5 heteroatoms. The molecule has 4 fully saturated rings. The molecule has 5 nitrogen and oxygen atoms in total. The number of rotatable bonds is 6. The van der Waals surface area contributed by atoms with Crippen molar-refractivity contribution in [3.8, 4) is 11.5 Å². The zero-order valence-electron chi connectivity index (χ0n) is 18.4. The first-order chi connectivity index (χ1) is 13.6. The van der Waals surface area contributed by atoms with E-state index in [-0.39, 0.29) is 17.4 Å². The summed E-state index contributed by atoms with van der Waals surface area (Å²) in [5, 5.41) is 4.30. The summed E-state index contributed by atoms with van der Waals surface area (Å²) in [6.45, 7) is 8.73. The van der Waals surface area contributed by atoms with E-state index < -0.39 is 0 Å². The molecule has 1 N–H and O–H groups in total. The van der Waals surface area contributed by atoms with Crippen molar-refractivity contribution in [3.05, 3.63) is 23.8 Å². The Morgan fingerprint density at radius 1 is 1.14 bits per heavy atom. The van der Waals surface area contributed by atoms with E-state index in [1.165, 1.54) is 19.3 Å². The lowest BCUT2D eigenvalue weighted by Crippen LogP contribution is -2.59. The smallest absolute Gasteiger partial charge is 0.246 e. The van der Waals surface area contributed by atoms with E-state index in [9.17, 15) is 4.79 Å². The van der Waals surface area contributed by atoms with Crippen molar-refractivity contribution < 1.29 is 14.3 Å². The summed E-state index contributed by atoms with van der Waals surface area (Å²) in [6.07, 6.45) is 8.60. The number of nitrogens with one attached hydrogen (secondary N) is 1. The number of hydrogen-bond donors (Lipinski definition) is 1. The number of benzene rings is 1. The Morgan fingerprint density at radius 2 is 1.83 bits per heavy atom. The molecule has 4 saturated carbocycles. The van der Waals surface area contributed by atoms with Crippen molar-refractivity contribution in [1.29, 1.82) is 0 Å². The number of ether oxygens (including phenoxy) is 2. The van der Waals surface area contributed by atoms with Crippen LogP contribution >= 0.6 is 0 Å². The molecule has 5 rings (SSSR count). The number of nitrogens with zero attached hydrogens (tertiary/aromatic N) is 1. The minimum absolute atomic E-state index is 0.0506. The third kappa shape index (κ3) is 3.88. The third-order valence-electron chi connectivity index (χ3n) is 7.04. The molecule has 1 aromatic carbocycles. The second kappa shape index (κ2) is 7.03. The van der Waals surface area contributed by atoms with Crippen LogP contribution in [-0.4, -0.2) is 25.3 Å². The van der Waals surface area contributed by atoms with Gasteiger partial charge in [-0.3, -0.25) is 4.79 Å². The molecule has 0 heterocycles. The molecule has 0 aromatic heterocycles. The average molecular weight is 399 g/mol. The Balaban J connectivity index is 1.47. The van der Waals surface area contributed by atoms with Crippen molar-refractivity contribution in [2.75, 3.05) is 7.11 Å². The van der Waals surface area contributed by atoms with E-state index >= 15 is 0 Å². The van der Waals surface area contributed by atoms with Crippen molar-refractivity contribution in [2.24, 2.45) is 27.3 Å². The van der Waals surface area contributed by atoms with Gasteiger partial charge in [0.15, 0.2) is 11.5 Å². The van der Waals surface area contributed by atoms with Crippen molar-refractivity contribution in [3.63, 3.8) is 0 Å². The van der Waals surface area contributed by atoms with E-state index in [4.69, 9.17) is 9.47 Å². The Bertz CT molecular complexity index is 813. The number of hydrogen-bond acceptors (Lipinski definition) is 4. The van der Waals surface area contributed by atoms with Crippen LogP contribution in [0.1, 0.15) is 71.8 Å². The number of methoxy groups -OCH3 is 1. The highest BCUT2D eigenvalue weighted by Crippen LogP contribution is 2.69. The maximum Gasteiger partial charge on any atom is 0.246 e. The van der Waals surface area contributed by atoms with Gasteiger partial charge in [-0.25, -0.2) is 5.43 Å². The van der Waals surface area contributed by atoms with Crippen LogP contribution in [0.2, 0.25) is 0 Å². The molecule has 4 bridgehead atoms. The summed E-state index contributed by atoms with van der Waals surface area (Å²) in [5.74, 6) is 2.16. The van der Waals surface area contributed by atoms with Gasteiger partial charge in [0.1, 0.15) is 0 Å². The predicted octanol–water partition coefficient (Wildman–Crippen LogP) is 4.93. The molecule has 4 aliphatic carbocycles. The summed E-state index contributed by atoms with van der Waals surface area (Å²) >= 11 is 0. The monoisotopic (exact) mass is 398 g/mol. The molecule has 0 saturated heterocycles. The predicted molar refractivity (Wildman–Crippen MR) is 114 cm³/mol. The fraction of sp³-hybridized carbons (Fsp3) is 0.667. The molecule has 4 aliphatic rings. The summed E-state index contributed by atoms with van der Waals surface area (Å²) < 4.78 is 11.2. The van der Waals surface area contributed by atoms with Gasteiger partial charge < -0.3 is 9.47 Å². The van der Waals surface area contributed by atoms with E-state index in [2.05, 4.69) is 24.4 Å². The second-order valence-corrected chi connectivity index (χ2v) is 10.7. The first-order valence-corrected chi connectivity index (χ1v) is 10.8. The van der Waals surface area contributed by atoms with Crippen LogP contribution < -0.4 is 14.9 Å². The van der Waals surface area contributed by atoms with Crippen LogP contribution in [0.3, 0.4) is 0 Å². The van der Waals surface area contributed by atoms with Gasteiger partial charge in [0.25, 0.3) is 0 Å². The van der Waals surface area contributed by atoms with Crippen molar-refractivity contribution in [2.45, 2.75) is 72.3 Å². The van der Waals surface area contributed by atoms with Crippen LogP contribution in [0.5, 0.6) is 11.5 Å². The van der Waals surface area contributed by atoms with Gasteiger partial charge in [-0.15, -0.1) is 0 Å². The van der Waals surface area contributed by atoms with Crippen LogP contribution in [0.15, 0.2) is 23.3 Å². The molecule has 158 valence electrons. The maximum absolute atomic E-state index is 13.2. The molecule has 29 heavy (non-hydrogen) atoms. The van der Waals surface area contributed by atoms with Gasteiger partial charge in [0, 0.05) is 0 Å². The van der Waals surface area contributed by atoms with Gasteiger partial charge in [-0.2, -0.15) is 5.10 Å². The fourth-order valence-electron chi connectivity index (χ4n) is 7.10. The summed E-state index contributed by atoms with van der Waals surface area (Å²) in [6, 6.07) is 5.66. The molecule has 0 aliphatic heterocycles. The van der Waals surface area contributed by atoms with E-state index in [1.807, 2.05) is 32.0 Å². The Labute approximate surface area is 174 Å². The lowest BCUT2D eigenvalue weighted by atomic mass is 9.40. The molecular weight excluding hydrogens is 364 g/mol. The maximum atomic E-state index is 13.2. The van der Waals surface area contributed by atoms with Gasteiger partial charge >= 0.3 is 0 Å². The molecular formula is C24H34N2O3. The topological polar surface area (TPSA) is 59.9 Å². The van der Waals surface area contributed by atoms with Crippen molar-refractivity contribution >= 4 is 12.1 Å². The van der Waals surface area contributed by atoms with Gasteiger partial charge in [0.05, 0.1) is 24.8 Å². The zero-order chi connectivity index (χ0) is 20.9. The van der Waals surface area contributed by atoms with Gasteiger partial charge in [0.2, 0.25) is 5.91 Å². The van der Waals surface area contributed by atoms with Gasteiger partial charge in [-0.1, -0.05) is 13.8 Å². The van der Waals surface area contributed by atoms with Crippen LogP contribution in [0.4, 0.5) is 0 Å². The third-order valence-corrected chi connectivity index (χ3v) is 7.04. The minimum atomic E-state index is -0.244. The van der Waals surface area contributed by atoms with E-state index in [0.717, 1.165) is 24.8 Å². The summed E-state index contributed by atoms with van der Waals surface area (Å²) in [7, 11) is 1.63. The minimum Gasteiger partial charge on any atom is -0.493 e. The number of amides is 1. The fourth-order valence-corrected chi connectivity index (χ4v) is 7.10. The molecule has 0 spiro atoms. The summed E-state index contributed by atoms with van der Waals surface area (Å²) in [4.78, 5) is 13.2. The highest BCUT2D eigenvalue weighted by molar-refractivity contribution is 5.86. The normalized spacial score (nSPS) is 35.3. The highest BCUT2D eigenvalue weighted by Gasteiger charge is 2.62. The largest absolute Gasteiger partial charge is 0.493 e. The summed E-state index contributed by atoms with van der Waals surface area (Å²) in [5.41, 5.74) is 4.12. The SMILES string of the molecule is COc1ccc(/C=N/NC(=O)C23CC4CC(C)(CC(C)(C4)C2)C3)cc1OC(C)C. The van der Waals surface area contributed by atoms with E-state index in [1.54, 1.807) is 13.3 Å². The molecule has 2 atom stereocenters. The Kier molecular flexibility index (Phi) is 4.91.